The van der Waals surface area contributed by atoms with Gasteiger partial charge in [0.1, 0.15) is 6.04 Å². The molecule has 1 aliphatic carbocycles. The Labute approximate surface area is 125 Å². The molecule has 0 aromatic rings. The van der Waals surface area contributed by atoms with Crippen LogP contribution in [0.25, 0.3) is 0 Å². The van der Waals surface area contributed by atoms with Gasteiger partial charge in [-0.1, -0.05) is 12.8 Å². The molecule has 0 bridgehead atoms. The van der Waals surface area contributed by atoms with Crippen LogP contribution in [0.15, 0.2) is 0 Å². The Bertz CT molecular complexity index is 271. The zero-order chi connectivity index (χ0) is 14.3. The Hall–Kier alpha value is -0.0300. The summed E-state index contributed by atoms with van der Waals surface area (Å²) in [6.07, 6.45) is 4.85. The average Bonchev–Trinajstić information content (AvgIpc) is 2.41. The van der Waals surface area contributed by atoms with Crippen LogP contribution in [0.1, 0.15) is 32.1 Å². The molecule has 112 valence electrons. The van der Waals surface area contributed by atoms with Crippen molar-refractivity contribution in [3.63, 3.8) is 0 Å². The molecule has 0 heterocycles. The van der Waals surface area contributed by atoms with E-state index in [9.17, 15) is 4.79 Å². The first kappa shape index (κ1) is 17.0. The number of aliphatic carboxylic acids is 1. The summed E-state index contributed by atoms with van der Waals surface area (Å²) in [4.78, 5) is 10.7. The van der Waals surface area contributed by atoms with Crippen molar-refractivity contribution in [1.82, 2.24) is 5.32 Å². The van der Waals surface area contributed by atoms with Crippen LogP contribution in [0.2, 0.25) is 0 Å². The van der Waals surface area contributed by atoms with E-state index in [0.29, 0.717) is 36.1 Å². The van der Waals surface area contributed by atoms with E-state index in [-0.39, 0.29) is 0 Å². The first-order chi connectivity index (χ1) is 9.08. The third-order valence-corrected chi connectivity index (χ3v) is 4.55. The fourth-order valence-electron chi connectivity index (χ4n) is 2.87. The molecule has 0 aliphatic heterocycles. The van der Waals surface area contributed by atoms with E-state index in [1.54, 1.807) is 0 Å². The molecule has 1 saturated carbocycles. The van der Waals surface area contributed by atoms with E-state index in [1.807, 2.05) is 0 Å². The number of hydrogen-bond donors (Lipinski definition) is 3. The minimum Gasteiger partial charge on any atom is -0.480 e. The van der Waals surface area contributed by atoms with Gasteiger partial charge in [-0.15, -0.1) is 23.2 Å². The van der Waals surface area contributed by atoms with Crippen LogP contribution >= 0.6 is 23.2 Å². The lowest BCUT2D eigenvalue weighted by molar-refractivity contribution is -0.139. The van der Waals surface area contributed by atoms with E-state index in [2.05, 4.69) is 5.32 Å². The summed E-state index contributed by atoms with van der Waals surface area (Å²) < 4.78 is 0. The molecule has 4 N–H and O–H groups in total. The highest BCUT2D eigenvalue weighted by atomic mass is 35.5. The van der Waals surface area contributed by atoms with Crippen molar-refractivity contribution in [2.75, 3.05) is 18.3 Å². The van der Waals surface area contributed by atoms with Gasteiger partial charge in [0.25, 0.3) is 0 Å². The number of rotatable bonds is 8. The van der Waals surface area contributed by atoms with E-state index in [4.69, 9.17) is 34.0 Å². The number of carboxylic acids is 1. The van der Waals surface area contributed by atoms with Crippen molar-refractivity contribution >= 4 is 29.2 Å². The van der Waals surface area contributed by atoms with Crippen molar-refractivity contribution < 1.29 is 9.90 Å². The fourth-order valence-corrected chi connectivity index (χ4v) is 3.34. The van der Waals surface area contributed by atoms with Crippen LogP contribution in [0, 0.1) is 11.8 Å². The summed E-state index contributed by atoms with van der Waals surface area (Å²) in [6.45, 7) is 0.781. The molecule has 4 nitrogen and oxygen atoms in total. The minimum absolute atomic E-state index is 0.314. The first-order valence-electron chi connectivity index (χ1n) is 6.92. The lowest BCUT2D eigenvalue weighted by atomic mass is 9.77. The van der Waals surface area contributed by atoms with Crippen molar-refractivity contribution in [1.29, 1.82) is 0 Å². The highest BCUT2D eigenvalue weighted by molar-refractivity contribution is 6.18. The van der Waals surface area contributed by atoms with E-state index in [1.165, 1.54) is 0 Å². The Morgan fingerprint density at radius 2 is 1.95 bits per heavy atom. The Morgan fingerprint density at radius 1 is 1.32 bits per heavy atom. The minimum atomic E-state index is -0.899. The second-order valence-corrected chi connectivity index (χ2v) is 6.05. The fraction of sp³-hybridized carbons (Fsp3) is 0.923. The number of nitrogens with one attached hydrogen (secondary N) is 1. The number of carbonyl (C=O) groups is 1. The van der Waals surface area contributed by atoms with E-state index in [0.717, 1.165) is 32.2 Å². The third kappa shape index (κ3) is 5.86. The molecule has 0 radical (unpaired) electrons. The molecule has 19 heavy (non-hydrogen) atoms. The Balaban J connectivity index is 2.32. The molecule has 0 aromatic heterocycles. The van der Waals surface area contributed by atoms with Gasteiger partial charge in [0.05, 0.1) is 0 Å². The van der Waals surface area contributed by atoms with Crippen LogP contribution in [0.3, 0.4) is 0 Å². The van der Waals surface area contributed by atoms with Crippen molar-refractivity contribution in [2.24, 2.45) is 17.6 Å². The smallest absolute Gasteiger partial charge is 0.320 e. The number of alkyl halides is 2. The van der Waals surface area contributed by atoms with Gasteiger partial charge in [0.2, 0.25) is 0 Å². The lowest BCUT2D eigenvalue weighted by Crippen LogP contribution is -2.41. The predicted molar refractivity (Wildman–Crippen MR) is 78.9 cm³/mol. The summed E-state index contributed by atoms with van der Waals surface area (Å²) in [7, 11) is 0. The molecule has 2 atom stereocenters. The molecule has 0 aromatic carbocycles. The summed E-state index contributed by atoms with van der Waals surface area (Å²) in [5.41, 5.74) is 5.59. The Kier molecular flexibility index (Phi) is 8.07. The molecular weight excluding hydrogens is 287 g/mol. The van der Waals surface area contributed by atoms with Gasteiger partial charge >= 0.3 is 5.97 Å². The molecule has 0 amide bonds. The maximum atomic E-state index is 10.7. The summed E-state index contributed by atoms with van der Waals surface area (Å²) in [5, 5.41) is 12.2. The van der Waals surface area contributed by atoms with Crippen molar-refractivity contribution in [3.8, 4) is 0 Å². The first-order valence-corrected chi connectivity index (χ1v) is 7.99. The molecule has 1 fully saturated rings. The molecule has 6 heteroatoms. The molecule has 1 unspecified atom stereocenters. The SMILES string of the molecule is N[C@@H](CC1CCC(C(CCl)NCCCl)CC1)C(=O)O. The standard InChI is InChI=1S/C13H24Cl2N2O2/c14-5-6-17-12(8-15)10-3-1-9(2-4-10)7-11(16)13(18)19/h9-12,17H,1-8,16H2,(H,18,19)/t9?,10?,11-,12?/m0/s1. The van der Waals surface area contributed by atoms with Gasteiger partial charge in [-0.3, -0.25) is 4.79 Å². The largest absolute Gasteiger partial charge is 0.480 e. The molecule has 1 aliphatic rings. The van der Waals surface area contributed by atoms with Crippen LogP contribution in [-0.2, 0) is 4.79 Å². The second kappa shape index (κ2) is 9.01. The topological polar surface area (TPSA) is 75.3 Å². The molecular formula is C13H24Cl2N2O2. The lowest BCUT2D eigenvalue weighted by Gasteiger charge is -2.34. The van der Waals surface area contributed by atoms with Gasteiger partial charge in [0, 0.05) is 24.3 Å². The van der Waals surface area contributed by atoms with Crippen molar-refractivity contribution in [3.05, 3.63) is 0 Å². The van der Waals surface area contributed by atoms with E-state index >= 15 is 0 Å². The normalized spacial score (nSPS) is 26.9. The summed E-state index contributed by atoms with van der Waals surface area (Å²) in [6, 6.07) is -0.408. The summed E-state index contributed by atoms with van der Waals surface area (Å²) >= 11 is 11.7. The van der Waals surface area contributed by atoms with Gasteiger partial charge in [-0.05, 0) is 31.1 Å². The number of carboxylic acid groups (broad SMARTS) is 1. The zero-order valence-corrected chi connectivity index (χ0v) is 12.7. The zero-order valence-electron chi connectivity index (χ0n) is 11.2. The summed E-state index contributed by atoms with van der Waals surface area (Å²) in [5.74, 6) is 1.30. The van der Waals surface area contributed by atoms with Crippen LogP contribution in [0.5, 0.6) is 0 Å². The van der Waals surface area contributed by atoms with Crippen LogP contribution < -0.4 is 11.1 Å². The van der Waals surface area contributed by atoms with Gasteiger partial charge in [-0.25, -0.2) is 0 Å². The molecule has 0 spiro atoms. The number of hydrogen-bond acceptors (Lipinski definition) is 3. The Morgan fingerprint density at radius 3 is 2.42 bits per heavy atom. The number of nitrogens with two attached hydrogens (primary N) is 1. The third-order valence-electron chi connectivity index (χ3n) is 4.03. The van der Waals surface area contributed by atoms with E-state index < -0.39 is 12.0 Å². The predicted octanol–water partition coefficient (Wildman–Crippen LogP) is 2.03. The average molecular weight is 311 g/mol. The second-order valence-electron chi connectivity index (χ2n) is 5.37. The highest BCUT2D eigenvalue weighted by Crippen LogP contribution is 2.33. The van der Waals surface area contributed by atoms with Crippen LogP contribution in [0.4, 0.5) is 0 Å². The van der Waals surface area contributed by atoms with Gasteiger partial charge < -0.3 is 16.2 Å². The monoisotopic (exact) mass is 310 g/mol. The maximum absolute atomic E-state index is 10.7. The molecule has 0 saturated heterocycles. The molecule has 1 rings (SSSR count). The van der Waals surface area contributed by atoms with Gasteiger partial charge in [0.15, 0.2) is 0 Å². The quantitative estimate of drug-likeness (QED) is 0.600. The van der Waals surface area contributed by atoms with Crippen LogP contribution in [-0.4, -0.2) is 41.5 Å². The number of halogens is 2. The maximum Gasteiger partial charge on any atom is 0.320 e. The van der Waals surface area contributed by atoms with Gasteiger partial charge in [-0.2, -0.15) is 0 Å². The highest BCUT2D eigenvalue weighted by Gasteiger charge is 2.28. The van der Waals surface area contributed by atoms with Crippen molar-refractivity contribution in [2.45, 2.75) is 44.2 Å².